The maximum absolute atomic E-state index is 11.5. The Bertz CT molecular complexity index is 585. The van der Waals surface area contributed by atoms with E-state index in [1.54, 1.807) is 0 Å². The normalized spacial score (nSPS) is 22.4. The van der Waals surface area contributed by atoms with Gasteiger partial charge in [0.2, 0.25) is 5.96 Å². The Kier molecular flexibility index (Phi) is 5.01. The maximum Gasteiger partial charge on any atom is 0.350 e. The van der Waals surface area contributed by atoms with Crippen LogP contribution in [0.25, 0.3) is 0 Å². The predicted octanol–water partition coefficient (Wildman–Crippen LogP) is -2.60. The van der Waals surface area contributed by atoms with Crippen LogP contribution < -0.4 is 5.73 Å². The van der Waals surface area contributed by atoms with Crippen molar-refractivity contribution in [3.63, 3.8) is 0 Å². The summed E-state index contributed by atoms with van der Waals surface area (Å²) in [4.78, 5) is 45.3. The van der Waals surface area contributed by atoms with E-state index in [9.17, 15) is 9.36 Å². The number of rotatable bonds is 7. The summed E-state index contributed by atoms with van der Waals surface area (Å²) in [6.07, 6.45) is -0.643. The molecule has 0 radical (unpaired) electrons. The molecular formula is C9H14N5O7P. The fraction of sp³-hybridized carbons (Fsp3) is 0.556. The standard InChI is InChI=1S/C9H14N5O7P/c10-9-12-7-6(8(16)13-9)11-3-14(7)21-2-5(1-15)20-4-22(17,18)19/h3,5-6,15H,1-2,4H2,(H2,10,13,16)(H2,17,18,19). The minimum atomic E-state index is -4.35. The molecule has 5 N–H and O–H groups in total. The van der Waals surface area contributed by atoms with Crippen molar-refractivity contribution >= 4 is 31.6 Å². The number of aliphatic hydroxyl groups is 1. The number of ether oxygens (including phenoxy) is 1. The molecule has 13 heteroatoms. The number of aliphatic hydroxyl groups excluding tert-OH is 1. The Labute approximate surface area is 124 Å². The summed E-state index contributed by atoms with van der Waals surface area (Å²) in [5.74, 6) is -0.697. The number of fused-ring (bicyclic) bond motifs is 1. The van der Waals surface area contributed by atoms with E-state index in [-0.39, 0.29) is 18.4 Å². The molecule has 0 aromatic carbocycles. The lowest BCUT2D eigenvalue weighted by molar-refractivity contribution is -0.119. The molecule has 0 bridgehead atoms. The summed E-state index contributed by atoms with van der Waals surface area (Å²) in [6, 6.07) is -0.934. The molecule has 2 aliphatic heterocycles. The summed E-state index contributed by atoms with van der Waals surface area (Å²) in [5.41, 5.74) is 5.37. The Balaban J connectivity index is 1.91. The molecule has 0 aromatic heterocycles. The Morgan fingerprint density at radius 1 is 1.45 bits per heavy atom. The van der Waals surface area contributed by atoms with Crippen LogP contribution in [-0.2, 0) is 18.9 Å². The van der Waals surface area contributed by atoms with Gasteiger partial charge in [0.15, 0.2) is 11.9 Å². The molecule has 1 amide bonds. The minimum absolute atomic E-state index is 0.115. The number of nitrogens with two attached hydrogens (primary N) is 1. The molecule has 2 atom stereocenters. The molecule has 0 saturated heterocycles. The van der Waals surface area contributed by atoms with Crippen LogP contribution in [-0.4, -0.2) is 75.7 Å². The Morgan fingerprint density at radius 2 is 2.18 bits per heavy atom. The molecular weight excluding hydrogens is 321 g/mol. The van der Waals surface area contributed by atoms with Gasteiger partial charge < -0.3 is 25.4 Å². The van der Waals surface area contributed by atoms with Crippen LogP contribution in [0, 0.1) is 0 Å². The molecule has 122 valence electrons. The van der Waals surface area contributed by atoms with Crippen molar-refractivity contribution in [2.45, 2.75) is 12.1 Å². The van der Waals surface area contributed by atoms with Gasteiger partial charge in [-0.1, -0.05) is 0 Å². The fourth-order valence-corrected chi connectivity index (χ4v) is 2.00. The van der Waals surface area contributed by atoms with Gasteiger partial charge in [-0.25, -0.2) is 0 Å². The third-order valence-electron chi connectivity index (χ3n) is 2.56. The average Bonchev–Trinajstić information content (AvgIpc) is 2.81. The summed E-state index contributed by atoms with van der Waals surface area (Å²) in [5, 5.41) is 10.1. The van der Waals surface area contributed by atoms with Crippen molar-refractivity contribution < 1.29 is 33.8 Å². The van der Waals surface area contributed by atoms with Crippen molar-refractivity contribution in [3.05, 3.63) is 0 Å². The van der Waals surface area contributed by atoms with Crippen LogP contribution in [0.1, 0.15) is 0 Å². The molecule has 2 aliphatic rings. The lowest BCUT2D eigenvalue weighted by atomic mass is 10.2. The topological polar surface area (TPSA) is 180 Å². The SMILES string of the molecule is NC1=NC(=O)C2N=CN(OCC(CO)OCP(=O)(O)O)C2=N1. The first-order valence-electron chi connectivity index (χ1n) is 5.99. The monoisotopic (exact) mass is 335 g/mol. The van der Waals surface area contributed by atoms with E-state index < -0.39 is 38.6 Å². The Morgan fingerprint density at radius 3 is 2.82 bits per heavy atom. The fourth-order valence-electron chi connectivity index (χ4n) is 1.59. The van der Waals surface area contributed by atoms with E-state index in [2.05, 4.69) is 15.0 Å². The third-order valence-corrected chi connectivity index (χ3v) is 3.05. The summed E-state index contributed by atoms with van der Waals surface area (Å²) in [6.45, 7) is -0.775. The second-order valence-corrected chi connectivity index (χ2v) is 5.92. The summed E-state index contributed by atoms with van der Waals surface area (Å²) < 4.78 is 15.5. The van der Waals surface area contributed by atoms with Crippen molar-refractivity contribution in [3.8, 4) is 0 Å². The van der Waals surface area contributed by atoms with Gasteiger partial charge in [0.05, 0.1) is 6.61 Å². The zero-order valence-electron chi connectivity index (χ0n) is 11.1. The molecule has 0 saturated carbocycles. The molecule has 0 fully saturated rings. The van der Waals surface area contributed by atoms with E-state index in [0.717, 1.165) is 5.06 Å². The van der Waals surface area contributed by atoms with E-state index in [4.69, 9.17) is 30.2 Å². The van der Waals surface area contributed by atoms with Crippen molar-refractivity contribution in [2.75, 3.05) is 19.6 Å². The highest BCUT2D eigenvalue weighted by Crippen LogP contribution is 2.34. The van der Waals surface area contributed by atoms with Crippen LogP contribution in [0.5, 0.6) is 0 Å². The second-order valence-electron chi connectivity index (χ2n) is 4.33. The largest absolute Gasteiger partial charge is 0.394 e. The first kappa shape index (κ1) is 16.7. The first-order valence-corrected chi connectivity index (χ1v) is 7.79. The maximum atomic E-state index is 11.5. The van der Waals surface area contributed by atoms with Crippen molar-refractivity contribution in [1.29, 1.82) is 0 Å². The van der Waals surface area contributed by atoms with Gasteiger partial charge in [-0.05, 0) is 0 Å². The molecule has 2 rings (SSSR count). The number of aliphatic imine (C=N–C) groups is 3. The van der Waals surface area contributed by atoms with E-state index in [1.165, 1.54) is 6.34 Å². The van der Waals surface area contributed by atoms with Gasteiger partial charge in [0, 0.05) is 0 Å². The predicted molar refractivity (Wildman–Crippen MR) is 73.0 cm³/mol. The minimum Gasteiger partial charge on any atom is -0.394 e. The van der Waals surface area contributed by atoms with Gasteiger partial charge in [-0.15, -0.1) is 0 Å². The number of carbonyl (C=O) groups excluding carboxylic acids is 1. The lowest BCUT2D eigenvalue weighted by Gasteiger charge is -2.22. The van der Waals surface area contributed by atoms with E-state index in [0.29, 0.717) is 0 Å². The highest BCUT2D eigenvalue weighted by molar-refractivity contribution is 7.51. The van der Waals surface area contributed by atoms with Gasteiger partial charge >= 0.3 is 7.60 Å². The molecule has 22 heavy (non-hydrogen) atoms. The number of hydrogen-bond acceptors (Lipinski definition) is 9. The van der Waals surface area contributed by atoms with Crippen LogP contribution in [0.2, 0.25) is 0 Å². The number of nitrogens with zero attached hydrogens (tertiary/aromatic N) is 4. The molecule has 0 spiro atoms. The summed E-state index contributed by atoms with van der Waals surface area (Å²) >= 11 is 0. The van der Waals surface area contributed by atoms with E-state index in [1.807, 2.05) is 0 Å². The highest BCUT2D eigenvalue weighted by atomic mass is 31.2. The average molecular weight is 335 g/mol. The van der Waals surface area contributed by atoms with Crippen molar-refractivity contribution in [2.24, 2.45) is 20.7 Å². The van der Waals surface area contributed by atoms with Gasteiger partial charge in [0.25, 0.3) is 5.91 Å². The number of carbonyl (C=O) groups is 1. The number of guanidine groups is 1. The smallest absolute Gasteiger partial charge is 0.350 e. The number of amides is 1. The van der Waals surface area contributed by atoms with Gasteiger partial charge in [0.1, 0.15) is 25.4 Å². The Hall–Kier alpha value is -1.69. The zero-order chi connectivity index (χ0) is 16.3. The molecule has 2 unspecified atom stereocenters. The molecule has 0 aliphatic carbocycles. The third kappa shape index (κ3) is 4.16. The van der Waals surface area contributed by atoms with E-state index >= 15 is 0 Å². The van der Waals surface area contributed by atoms with Gasteiger partial charge in [-0.2, -0.15) is 15.0 Å². The number of hydroxylamine groups is 2. The highest BCUT2D eigenvalue weighted by Gasteiger charge is 2.36. The molecule has 12 nitrogen and oxygen atoms in total. The molecule has 0 aromatic rings. The zero-order valence-corrected chi connectivity index (χ0v) is 12.0. The molecule has 2 heterocycles. The number of amidine groups is 1. The second kappa shape index (κ2) is 6.60. The quantitative estimate of drug-likeness (QED) is 0.363. The van der Waals surface area contributed by atoms with Crippen LogP contribution >= 0.6 is 7.60 Å². The number of hydrogen-bond donors (Lipinski definition) is 4. The first-order chi connectivity index (χ1) is 10.3. The summed E-state index contributed by atoms with van der Waals surface area (Å²) in [7, 11) is -4.35. The lowest BCUT2D eigenvalue weighted by Crippen LogP contribution is -2.41. The van der Waals surface area contributed by atoms with Crippen LogP contribution in [0.4, 0.5) is 0 Å². The van der Waals surface area contributed by atoms with Crippen LogP contribution in [0.3, 0.4) is 0 Å². The van der Waals surface area contributed by atoms with Gasteiger partial charge in [-0.3, -0.25) is 19.2 Å². The van der Waals surface area contributed by atoms with Crippen LogP contribution in [0.15, 0.2) is 15.0 Å². The van der Waals surface area contributed by atoms with Crippen molar-refractivity contribution in [1.82, 2.24) is 5.06 Å².